The number of ketones is 1. The standard InChI is InChI=1S/C16H23N3O5S/c1-24-14-7-5-12(6-8-14)15(20)11-19(18-25(2,22)23)16(21)13-4-3-9-17-10-13/h5-8,13,17-18H,3-4,9-11H2,1-2H3. The fourth-order valence-corrected chi connectivity index (χ4v) is 3.20. The number of nitrogens with zero attached hydrogens (tertiary/aromatic N) is 1. The highest BCUT2D eigenvalue weighted by atomic mass is 32.2. The molecule has 0 bridgehead atoms. The van der Waals surface area contributed by atoms with Gasteiger partial charge >= 0.3 is 0 Å². The number of rotatable bonds is 7. The number of hydrogen-bond acceptors (Lipinski definition) is 6. The smallest absolute Gasteiger partial charge is 0.242 e. The Morgan fingerprint density at radius 3 is 2.52 bits per heavy atom. The highest BCUT2D eigenvalue weighted by Gasteiger charge is 2.29. The van der Waals surface area contributed by atoms with Crippen molar-refractivity contribution < 1.29 is 22.7 Å². The minimum absolute atomic E-state index is 0.355. The van der Waals surface area contributed by atoms with Crippen molar-refractivity contribution in [1.82, 2.24) is 15.2 Å². The molecule has 1 unspecified atom stereocenters. The lowest BCUT2D eigenvalue weighted by atomic mass is 9.98. The Morgan fingerprint density at radius 2 is 2.00 bits per heavy atom. The van der Waals surface area contributed by atoms with Crippen molar-refractivity contribution in [2.45, 2.75) is 12.8 Å². The number of piperidine rings is 1. The molecule has 9 heteroatoms. The summed E-state index contributed by atoms with van der Waals surface area (Å²) in [5.74, 6) is -0.519. The molecule has 0 aliphatic carbocycles. The zero-order valence-electron chi connectivity index (χ0n) is 14.3. The van der Waals surface area contributed by atoms with E-state index in [-0.39, 0.29) is 18.2 Å². The number of benzene rings is 1. The van der Waals surface area contributed by atoms with Crippen LogP contribution in [0.3, 0.4) is 0 Å². The Hall–Kier alpha value is -1.97. The number of nitrogens with one attached hydrogen (secondary N) is 2. The summed E-state index contributed by atoms with van der Waals surface area (Å²) < 4.78 is 28.2. The van der Waals surface area contributed by atoms with E-state index in [0.29, 0.717) is 24.3 Å². The van der Waals surface area contributed by atoms with Crippen molar-refractivity contribution >= 4 is 21.7 Å². The van der Waals surface area contributed by atoms with Gasteiger partial charge in [0.25, 0.3) is 0 Å². The minimum Gasteiger partial charge on any atom is -0.497 e. The Morgan fingerprint density at radius 1 is 1.32 bits per heavy atom. The molecule has 2 N–H and O–H groups in total. The lowest BCUT2D eigenvalue weighted by Crippen LogP contribution is -2.52. The average Bonchev–Trinajstić information content (AvgIpc) is 2.60. The highest BCUT2D eigenvalue weighted by Crippen LogP contribution is 2.15. The summed E-state index contributed by atoms with van der Waals surface area (Å²) in [4.78, 5) is 27.2. The number of hydrogen-bond donors (Lipinski definition) is 2. The van der Waals surface area contributed by atoms with Gasteiger partial charge in [-0.3, -0.25) is 14.6 Å². The molecule has 0 radical (unpaired) electrons. The molecule has 1 saturated heterocycles. The van der Waals surface area contributed by atoms with Crippen molar-refractivity contribution in [3.63, 3.8) is 0 Å². The summed E-state index contributed by atoms with van der Waals surface area (Å²) >= 11 is 0. The maximum atomic E-state index is 12.6. The monoisotopic (exact) mass is 369 g/mol. The first kappa shape index (κ1) is 19.4. The second-order valence-electron chi connectivity index (χ2n) is 5.98. The fourth-order valence-electron chi connectivity index (χ4n) is 2.65. The third-order valence-corrected chi connectivity index (χ3v) is 4.45. The number of amides is 1. The number of sulfonamides is 1. The van der Waals surface area contributed by atoms with Crippen LogP contribution in [0.1, 0.15) is 23.2 Å². The van der Waals surface area contributed by atoms with Crippen LogP contribution in [0.25, 0.3) is 0 Å². The molecule has 1 aromatic carbocycles. The average molecular weight is 369 g/mol. The van der Waals surface area contributed by atoms with Crippen LogP contribution < -0.4 is 14.9 Å². The molecule has 2 rings (SSSR count). The molecule has 1 aliphatic rings. The summed E-state index contributed by atoms with van der Waals surface area (Å²) in [5.41, 5.74) is 0.371. The number of carbonyl (C=O) groups excluding carboxylic acids is 2. The predicted octanol–water partition coefficient (Wildman–Crippen LogP) is 0.170. The number of methoxy groups -OCH3 is 1. The number of Topliss-reactive ketones (excluding diaryl/α,β-unsaturated/α-hetero) is 1. The van der Waals surface area contributed by atoms with Gasteiger partial charge in [0.1, 0.15) is 12.3 Å². The lowest BCUT2D eigenvalue weighted by molar-refractivity contribution is -0.137. The zero-order valence-corrected chi connectivity index (χ0v) is 15.1. The van der Waals surface area contributed by atoms with Crippen LogP contribution in [0.4, 0.5) is 0 Å². The molecule has 0 saturated carbocycles. The second-order valence-corrected chi connectivity index (χ2v) is 7.71. The normalized spacial score (nSPS) is 17.8. The Kier molecular flexibility index (Phi) is 6.51. The van der Waals surface area contributed by atoms with Crippen LogP contribution in [-0.2, 0) is 14.8 Å². The van der Waals surface area contributed by atoms with Crippen LogP contribution in [0.2, 0.25) is 0 Å². The SMILES string of the molecule is COc1ccc(C(=O)CN(NS(C)(=O)=O)C(=O)C2CCCNC2)cc1. The molecule has 138 valence electrons. The summed E-state index contributed by atoms with van der Waals surface area (Å²) in [7, 11) is -2.16. The van der Waals surface area contributed by atoms with E-state index in [9.17, 15) is 18.0 Å². The summed E-state index contributed by atoms with van der Waals surface area (Å²) in [6.45, 7) is 0.931. The first-order valence-corrected chi connectivity index (χ1v) is 9.86. The van der Waals surface area contributed by atoms with Gasteiger partial charge < -0.3 is 10.1 Å². The third kappa shape index (κ3) is 5.80. The lowest BCUT2D eigenvalue weighted by Gasteiger charge is -2.28. The van der Waals surface area contributed by atoms with Gasteiger partial charge in [0.2, 0.25) is 15.9 Å². The third-order valence-electron chi connectivity index (χ3n) is 3.90. The molecule has 1 heterocycles. The minimum atomic E-state index is -3.68. The molecule has 1 fully saturated rings. The summed E-state index contributed by atoms with van der Waals surface area (Å²) in [6.07, 6.45) is 2.43. The zero-order chi connectivity index (χ0) is 18.4. The largest absolute Gasteiger partial charge is 0.497 e. The number of ether oxygens (including phenoxy) is 1. The van der Waals surface area contributed by atoms with Crippen molar-refractivity contribution in [3.8, 4) is 5.75 Å². The molecular weight excluding hydrogens is 346 g/mol. The van der Waals surface area contributed by atoms with Gasteiger partial charge in [0.05, 0.1) is 19.3 Å². The molecule has 8 nitrogen and oxygen atoms in total. The Bertz CT molecular complexity index is 712. The van der Waals surface area contributed by atoms with E-state index in [4.69, 9.17) is 4.74 Å². The number of carbonyl (C=O) groups is 2. The van der Waals surface area contributed by atoms with E-state index in [1.54, 1.807) is 24.3 Å². The predicted molar refractivity (Wildman–Crippen MR) is 92.6 cm³/mol. The molecule has 25 heavy (non-hydrogen) atoms. The fraction of sp³-hybridized carbons (Fsp3) is 0.500. The van der Waals surface area contributed by atoms with Crippen LogP contribution in [0, 0.1) is 5.92 Å². The van der Waals surface area contributed by atoms with E-state index in [1.165, 1.54) is 7.11 Å². The molecule has 1 aromatic rings. The van der Waals surface area contributed by atoms with Crippen molar-refractivity contribution in [3.05, 3.63) is 29.8 Å². The van der Waals surface area contributed by atoms with Gasteiger partial charge in [-0.15, -0.1) is 4.83 Å². The highest BCUT2D eigenvalue weighted by molar-refractivity contribution is 7.88. The first-order chi connectivity index (χ1) is 11.8. The maximum Gasteiger partial charge on any atom is 0.242 e. The molecule has 1 amide bonds. The Labute approximate surface area is 147 Å². The van der Waals surface area contributed by atoms with Crippen molar-refractivity contribution in [2.75, 3.05) is 33.0 Å². The van der Waals surface area contributed by atoms with Gasteiger partial charge in [-0.25, -0.2) is 8.42 Å². The quantitative estimate of drug-likeness (QED) is 0.524. The van der Waals surface area contributed by atoms with Gasteiger partial charge in [-0.1, -0.05) is 0 Å². The van der Waals surface area contributed by atoms with Crippen molar-refractivity contribution in [2.24, 2.45) is 5.92 Å². The summed E-state index contributed by atoms with van der Waals surface area (Å²) in [5, 5.41) is 4.01. The second kappa shape index (κ2) is 8.41. The maximum absolute atomic E-state index is 12.6. The van der Waals surface area contributed by atoms with Gasteiger partial charge in [-0.2, -0.15) is 0 Å². The van der Waals surface area contributed by atoms with Gasteiger partial charge in [-0.05, 0) is 43.7 Å². The van der Waals surface area contributed by atoms with E-state index in [2.05, 4.69) is 10.1 Å². The van der Waals surface area contributed by atoms with E-state index in [1.807, 2.05) is 0 Å². The van der Waals surface area contributed by atoms with Crippen LogP contribution in [0.5, 0.6) is 5.75 Å². The Balaban J connectivity index is 2.13. The van der Waals surface area contributed by atoms with Crippen LogP contribution in [-0.4, -0.2) is 58.1 Å². The molecule has 0 spiro atoms. The van der Waals surface area contributed by atoms with Crippen LogP contribution >= 0.6 is 0 Å². The van der Waals surface area contributed by atoms with E-state index < -0.39 is 15.9 Å². The first-order valence-electron chi connectivity index (χ1n) is 7.97. The topological polar surface area (TPSA) is 105 Å². The summed E-state index contributed by atoms with van der Waals surface area (Å²) in [6, 6.07) is 6.42. The molecule has 1 aliphatic heterocycles. The van der Waals surface area contributed by atoms with E-state index in [0.717, 1.165) is 24.2 Å². The molecule has 0 aromatic heterocycles. The van der Waals surface area contributed by atoms with Crippen LogP contribution in [0.15, 0.2) is 24.3 Å². The number of hydrazine groups is 1. The van der Waals surface area contributed by atoms with Gasteiger partial charge in [0, 0.05) is 12.1 Å². The molecular formula is C16H23N3O5S. The molecule has 1 atom stereocenters. The van der Waals surface area contributed by atoms with Crippen molar-refractivity contribution in [1.29, 1.82) is 0 Å². The van der Waals surface area contributed by atoms with Gasteiger partial charge in [0.15, 0.2) is 5.78 Å². The van der Waals surface area contributed by atoms with E-state index >= 15 is 0 Å².